The van der Waals surface area contributed by atoms with Crippen molar-refractivity contribution in [1.82, 2.24) is 10.3 Å². The number of primary sulfonamides is 1. The molecule has 1 heterocycles. The van der Waals surface area contributed by atoms with Crippen molar-refractivity contribution in [3.8, 4) is 0 Å². The first kappa shape index (κ1) is 12.1. The molecule has 0 radical (unpaired) electrons. The van der Waals surface area contributed by atoms with Crippen molar-refractivity contribution < 1.29 is 13.2 Å². The highest BCUT2D eigenvalue weighted by molar-refractivity contribution is 7.89. The van der Waals surface area contributed by atoms with Crippen LogP contribution in [0.15, 0.2) is 17.2 Å². The first-order chi connectivity index (χ1) is 7.97. The van der Waals surface area contributed by atoms with E-state index in [-0.39, 0.29) is 22.5 Å². The Bertz CT molecular complexity index is 515. The third-order valence-corrected chi connectivity index (χ3v) is 3.81. The molecule has 0 spiro atoms. The number of aromatic amines is 1. The monoisotopic (exact) mass is 257 g/mol. The number of hydrogen-bond acceptors (Lipinski definition) is 3. The van der Waals surface area contributed by atoms with Crippen molar-refractivity contribution in [1.29, 1.82) is 0 Å². The molecule has 1 amide bonds. The van der Waals surface area contributed by atoms with E-state index in [1.807, 2.05) is 0 Å². The molecule has 0 bridgehead atoms. The van der Waals surface area contributed by atoms with Crippen molar-refractivity contribution in [2.24, 2.45) is 5.14 Å². The molecule has 94 valence electrons. The molecule has 1 aromatic rings. The Morgan fingerprint density at radius 3 is 2.59 bits per heavy atom. The number of rotatable bonds is 3. The predicted octanol–water partition coefficient (Wildman–Crippen LogP) is 0.334. The molecule has 7 heteroatoms. The lowest BCUT2D eigenvalue weighted by Gasteiger charge is -2.10. The van der Waals surface area contributed by atoms with Crippen molar-refractivity contribution in [2.75, 3.05) is 0 Å². The smallest absolute Gasteiger partial charge is 0.267 e. The number of hydrogen-bond donors (Lipinski definition) is 3. The van der Waals surface area contributed by atoms with Crippen LogP contribution in [0.5, 0.6) is 0 Å². The van der Waals surface area contributed by atoms with Gasteiger partial charge in [-0.3, -0.25) is 4.79 Å². The summed E-state index contributed by atoms with van der Waals surface area (Å²) in [6.07, 6.45) is 5.43. The molecule has 0 unspecified atom stereocenters. The summed E-state index contributed by atoms with van der Waals surface area (Å²) >= 11 is 0. The zero-order valence-corrected chi connectivity index (χ0v) is 10.1. The highest BCUT2D eigenvalue weighted by Crippen LogP contribution is 2.18. The molecule has 1 fully saturated rings. The Morgan fingerprint density at radius 2 is 2.06 bits per heavy atom. The zero-order chi connectivity index (χ0) is 12.5. The Hall–Kier alpha value is -1.34. The number of carbonyl (C=O) groups is 1. The Balaban J connectivity index is 2.07. The van der Waals surface area contributed by atoms with Gasteiger partial charge in [-0.1, -0.05) is 12.8 Å². The van der Waals surface area contributed by atoms with E-state index in [9.17, 15) is 13.2 Å². The zero-order valence-electron chi connectivity index (χ0n) is 9.27. The van der Waals surface area contributed by atoms with Crippen LogP contribution in [0, 0.1) is 0 Å². The molecule has 1 aliphatic carbocycles. The van der Waals surface area contributed by atoms with Gasteiger partial charge in [-0.25, -0.2) is 13.6 Å². The van der Waals surface area contributed by atoms with E-state index in [1.54, 1.807) is 0 Å². The van der Waals surface area contributed by atoms with Crippen molar-refractivity contribution >= 4 is 15.9 Å². The maximum atomic E-state index is 11.8. The van der Waals surface area contributed by atoms with Gasteiger partial charge in [-0.2, -0.15) is 0 Å². The van der Waals surface area contributed by atoms with Gasteiger partial charge < -0.3 is 10.3 Å². The second kappa shape index (κ2) is 4.50. The van der Waals surface area contributed by atoms with Crippen LogP contribution in [0.2, 0.25) is 0 Å². The maximum absolute atomic E-state index is 11.8. The van der Waals surface area contributed by atoms with Gasteiger partial charge in [-0.05, 0) is 18.9 Å². The van der Waals surface area contributed by atoms with Crippen LogP contribution >= 0.6 is 0 Å². The van der Waals surface area contributed by atoms with Crippen molar-refractivity contribution in [2.45, 2.75) is 36.6 Å². The van der Waals surface area contributed by atoms with E-state index >= 15 is 0 Å². The lowest BCUT2D eigenvalue weighted by Crippen LogP contribution is -2.32. The van der Waals surface area contributed by atoms with Crippen LogP contribution < -0.4 is 10.5 Å². The van der Waals surface area contributed by atoms with Crippen molar-refractivity contribution in [3.63, 3.8) is 0 Å². The molecule has 0 atom stereocenters. The average Bonchev–Trinajstić information content (AvgIpc) is 2.85. The van der Waals surface area contributed by atoms with Gasteiger partial charge in [-0.15, -0.1) is 0 Å². The molecule has 4 N–H and O–H groups in total. The number of nitrogens with two attached hydrogens (primary N) is 1. The quantitative estimate of drug-likeness (QED) is 0.726. The van der Waals surface area contributed by atoms with Gasteiger partial charge in [0.2, 0.25) is 10.0 Å². The minimum absolute atomic E-state index is 0.0749. The molecule has 0 saturated heterocycles. The van der Waals surface area contributed by atoms with E-state index in [2.05, 4.69) is 10.3 Å². The topological polar surface area (TPSA) is 105 Å². The molecule has 2 rings (SSSR count). The normalized spacial score (nSPS) is 17.2. The molecule has 1 aromatic heterocycles. The second-order valence-electron chi connectivity index (χ2n) is 4.25. The number of carbonyl (C=O) groups excluding carboxylic acids is 1. The van der Waals surface area contributed by atoms with Crippen LogP contribution in [0.3, 0.4) is 0 Å². The van der Waals surface area contributed by atoms with Crippen LogP contribution in [0.25, 0.3) is 0 Å². The molecule has 6 nitrogen and oxygen atoms in total. The Morgan fingerprint density at radius 1 is 1.41 bits per heavy atom. The van der Waals surface area contributed by atoms with Crippen LogP contribution in [-0.2, 0) is 10.0 Å². The lowest BCUT2D eigenvalue weighted by molar-refractivity contribution is 0.0933. The number of aromatic nitrogens is 1. The lowest BCUT2D eigenvalue weighted by atomic mass is 10.2. The highest BCUT2D eigenvalue weighted by atomic mass is 32.2. The van der Waals surface area contributed by atoms with E-state index in [4.69, 9.17) is 5.14 Å². The van der Waals surface area contributed by atoms with Crippen LogP contribution in [0.1, 0.15) is 36.2 Å². The SMILES string of the molecule is NS(=O)(=O)c1c[nH]c(C(=O)NC2CCCC2)c1. The fraction of sp³-hybridized carbons (Fsp3) is 0.500. The average molecular weight is 257 g/mol. The Kier molecular flexibility index (Phi) is 3.21. The van der Waals surface area contributed by atoms with Crippen molar-refractivity contribution in [3.05, 3.63) is 18.0 Å². The summed E-state index contributed by atoms with van der Waals surface area (Å²) in [4.78, 5) is 14.3. The summed E-state index contributed by atoms with van der Waals surface area (Å²) in [5, 5.41) is 7.81. The molecule has 1 aliphatic rings. The largest absolute Gasteiger partial charge is 0.356 e. The van der Waals surface area contributed by atoms with Crippen LogP contribution in [-0.4, -0.2) is 25.4 Å². The number of sulfonamides is 1. The van der Waals surface area contributed by atoms with Gasteiger partial charge in [0.1, 0.15) is 5.69 Å². The predicted molar refractivity (Wildman–Crippen MR) is 61.9 cm³/mol. The molecular weight excluding hydrogens is 242 g/mol. The summed E-state index contributed by atoms with van der Waals surface area (Å²) < 4.78 is 22.1. The van der Waals surface area contributed by atoms with E-state index in [0.29, 0.717) is 0 Å². The fourth-order valence-electron chi connectivity index (χ4n) is 2.00. The maximum Gasteiger partial charge on any atom is 0.267 e. The summed E-state index contributed by atoms with van der Waals surface area (Å²) in [6, 6.07) is 1.45. The van der Waals surface area contributed by atoms with E-state index in [1.165, 1.54) is 12.3 Å². The first-order valence-corrected chi connectivity index (χ1v) is 7.03. The number of nitrogens with one attached hydrogen (secondary N) is 2. The molecular formula is C10H15N3O3S. The van der Waals surface area contributed by atoms with E-state index in [0.717, 1.165) is 25.7 Å². The minimum atomic E-state index is -3.75. The highest BCUT2D eigenvalue weighted by Gasteiger charge is 2.20. The third-order valence-electron chi connectivity index (χ3n) is 2.92. The molecule has 1 saturated carbocycles. The second-order valence-corrected chi connectivity index (χ2v) is 5.81. The summed E-state index contributed by atoms with van der Waals surface area (Å²) in [5.74, 6) is -0.285. The minimum Gasteiger partial charge on any atom is -0.356 e. The molecule has 17 heavy (non-hydrogen) atoms. The van der Waals surface area contributed by atoms with Gasteiger partial charge in [0.15, 0.2) is 0 Å². The number of H-pyrrole nitrogens is 1. The fourth-order valence-corrected chi connectivity index (χ4v) is 2.51. The van der Waals surface area contributed by atoms with Gasteiger partial charge in [0, 0.05) is 12.2 Å². The summed E-state index contributed by atoms with van der Waals surface area (Å²) in [7, 11) is -3.75. The molecule has 0 aliphatic heterocycles. The standard InChI is InChI=1S/C10H15N3O3S/c11-17(15,16)8-5-9(12-6-8)10(14)13-7-3-1-2-4-7/h5-7,12H,1-4H2,(H,13,14)(H2,11,15,16). The van der Waals surface area contributed by atoms with E-state index < -0.39 is 10.0 Å². The van der Waals surface area contributed by atoms with Gasteiger partial charge in [0.25, 0.3) is 5.91 Å². The third kappa shape index (κ3) is 2.86. The summed E-state index contributed by atoms with van der Waals surface area (Å²) in [6.45, 7) is 0. The van der Waals surface area contributed by atoms with Gasteiger partial charge in [0.05, 0.1) is 4.90 Å². The Labute approximate surface area is 99.6 Å². The van der Waals surface area contributed by atoms with Crippen LogP contribution in [0.4, 0.5) is 0 Å². The van der Waals surface area contributed by atoms with Gasteiger partial charge >= 0.3 is 0 Å². The molecule has 0 aromatic carbocycles. The first-order valence-electron chi connectivity index (χ1n) is 5.49. The summed E-state index contributed by atoms with van der Waals surface area (Å²) in [5.41, 5.74) is 0.223. The number of amides is 1.